The molecule has 0 unspecified atom stereocenters. The van der Waals surface area contributed by atoms with Gasteiger partial charge in [0.1, 0.15) is 0 Å². The summed E-state index contributed by atoms with van der Waals surface area (Å²) in [6.07, 6.45) is 4.76. The Labute approximate surface area is 129 Å². The second-order valence-electron chi connectivity index (χ2n) is 5.48. The number of hydrogen-bond donors (Lipinski definition) is 0. The van der Waals surface area contributed by atoms with Crippen molar-refractivity contribution in [1.82, 2.24) is 4.90 Å². The Hall–Kier alpha value is -0.580. The van der Waals surface area contributed by atoms with Gasteiger partial charge in [0.2, 0.25) is 0 Å². The van der Waals surface area contributed by atoms with Gasteiger partial charge in [-0.05, 0) is 53.0 Å². The number of carbonyl (C=O) groups is 1. The average molecular weight is 371 g/mol. The van der Waals surface area contributed by atoms with Crippen LogP contribution in [0.4, 0.5) is 0 Å². The van der Waals surface area contributed by atoms with Crippen molar-refractivity contribution in [1.29, 1.82) is 0 Å². The lowest BCUT2D eigenvalue weighted by Gasteiger charge is -2.41. The Bertz CT molecular complexity index is 444. The van der Waals surface area contributed by atoms with E-state index in [9.17, 15) is 4.79 Å². The van der Waals surface area contributed by atoms with Gasteiger partial charge in [-0.25, -0.2) is 0 Å². The number of halogens is 1. The molecule has 104 valence electrons. The zero-order valence-electron chi connectivity index (χ0n) is 11.8. The van der Waals surface area contributed by atoms with Gasteiger partial charge in [0.15, 0.2) is 0 Å². The predicted molar refractivity (Wildman–Crippen MR) is 87.3 cm³/mol. The van der Waals surface area contributed by atoms with Crippen LogP contribution in [0.15, 0.2) is 24.3 Å². The molecule has 0 bridgehead atoms. The molecule has 1 aliphatic rings. The van der Waals surface area contributed by atoms with Gasteiger partial charge in [0.05, 0.1) is 5.56 Å². The Kier molecular flexibility index (Phi) is 4.87. The van der Waals surface area contributed by atoms with E-state index in [0.29, 0.717) is 5.41 Å². The van der Waals surface area contributed by atoms with Crippen molar-refractivity contribution in [3.8, 4) is 0 Å². The van der Waals surface area contributed by atoms with Gasteiger partial charge in [-0.2, -0.15) is 0 Å². The van der Waals surface area contributed by atoms with Crippen molar-refractivity contribution in [3.05, 3.63) is 33.4 Å². The van der Waals surface area contributed by atoms with E-state index < -0.39 is 0 Å². The fourth-order valence-electron chi connectivity index (χ4n) is 2.95. The van der Waals surface area contributed by atoms with E-state index in [2.05, 4.69) is 36.4 Å². The maximum atomic E-state index is 12.5. The fraction of sp³-hybridized carbons (Fsp3) is 0.562. The van der Waals surface area contributed by atoms with Crippen LogP contribution in [-0.2, 0) is 0 Å². The molecule has 0 spiro atoms. The third-order valence-electron chi connectivity index (χ3n) is 4.72. The molecule has 1 aliphatic heterocycles. The molecule has 0 N–H and O–H groups in total. The summed E-state index contributed by atoms with van der Waals surface area (Å²) in [6.45, 7) is 6.37. The first kappa shape index (κ1) is 14.8. The Balaban J connectivity index is 2.06. The number of hydrogen-bond acceptors (Lipinski definition) is 1. The van der Waals surface area contributed by atoms with E-state index in [1.807, 2.05) is 29.2 Å². The minimum Gasteiger partial charge on any atom is -0.339 e. The summed E-state index contributed by atoms with van der Waals surface area (Å²) in [5.41, 5.74) is 1.32. The van der Waals surface area contributed by atoms with Gasteiger partial charge in [-0.1, -0.05) is 38.8 Å². The SMILES string of the molecule is CCC1(CC)CCN(C(=O)c2ccccc2I)CC1. The average Bonchev–Trinajstić information content (AvgIpc) is 2.47. The zero-order chi connectivity index (χ0) is 13.9. The normalized spacial score (nSPS) is 18.4. The second kappa shape index (κ2) is 6.25. The molecule has 0 aromatic heterocycles. The first-order valence-corrected chi connectivity index (χ1v) is 8.23. The largest absolute Gasteiger partial charge is 0.339 e. The highest BCUT2D eigenvalue weighted by atomic mass is 127. The number of amides is 1. The topological polar surface area (TPSA) is 20.3 Å². The van der Waals surface area contributed by atoms with Gasteiger partial charge in [0.25, 0.3) is 5.91 Å². The zero-order valence-corrected chi connectivity index (χ0v) is 13.9. The fourth-order valence-corrected chi connectivity index (χ4v) is 3.56. The highest BCUT2D eigenvalue weighted by Crippen LogP contribution is 2.38. The summed E-state index contributed by atoms with van der Waals surface area (Å²) in [5, 5.41) is 0. The summed E-state index contributed by atoms with van der Waals surface area (Å²) >= 11 is 2.25. The number of piperidine rings is 1. The Morgan fingerprint density at radius 2 is 1.79 bits per heavy atom. The lowest BCUT2D eigenvalue weighted by molar-refractivity contribution is 0.0557. The molecule has 1 amide bonds. The van der Waals surface area contributed by atoms with Gasteiger partial charge >= 0.3 is 0 Å². The molecule has 0 saturated carbocycles. The molecule has 1 heterocycles. The minimum atomic E-state index is 0.200. The molecule has 2 nitrogen and oxygen atoms in total. The van der Waals surface area contributed by atoms with E-state index in [1.54, 1.807) is 0 Å². The van der Waals surface area contributed by atoms with E-state index in [-0.39, 0.29) is 5.91 Å². The number of rotatable bonds is 3. The van der Waals surface area contributed by atoms with E-state index in [0.717, 1.165) is 35.1 Å². The quantitative estimate of drug-likeness (QED) is 0.725. The molecule has 2 rings (SSSR count). The maximum absolute atomic E-state index is 12.5. The van der Waals surface area contributed by atoms with Crippen LogP contribution in [0.3, 0.4) is 0 Å². The Morgan fingerprint density at radius 1 is 1.21 bits per heavy atom. The first-order valence-electron chi connectivity index (χ1n) is 7.15. The number of carbonyl (C=O) groups excluding carboxylic acids is 1. The molecule has 0 atom stereocenters. The Morgan fingerprint density at radius 3 is 2.32 bits per heavy atom. The van der Waals surface area contributed by atoms with Gasteiger partial charge < -0.3 is 4.90 Å². The molecule has 19 heavy (non-hydrogen) atoms. The predicted octanol–water partition coefficient (Wildman–Crippen LogP) is 4.33. The van der Waals surface area contributed by atoms with E-state index in [4.69, 9.17) is 0 Å². The summed E-state index contributed by atoms with van der Waals surface area (Å²) in [4.78, 5) is 14.6. The third-order valence-corrected chi connectivity index (χ3v) is 5.66. The van der Waals surface area contributed by atoms with E-state index >= 15 is 0 Å². The lowest BCUT2D eigenvalue weighted by atomic mass is 9.74. The summed E-state index contributed by atoms with van der Waals surface area (Å²) in [5.74, 6) is 0.200. The second-order valence-corrected chi connectivity index (χ2v) is 6.64. The smallest absolute Gasteiger partial charge is 0.254 e. The highest BCUT2D eigenvalue weighted by Gasteiger charge is 2.33. The van der Waals surface area contributed by atoms with Crippen molar-refractivity contribution >= 4 is 28.5 Å². The molecular weight excluding hydrogens is 349 g/mol. The van der Waals surface area contributed by atoms with Crippen LogP contribution >= 0.6 is 22.6 Å². The molecule has 1 aromatic carbocycles. The molecule has 1 aromatic rings. The first-order chi connectivity index (χ1) is 9.12. The highest BCUT2D eigenvalue weighted by molar-refractivity contribution is 14.1. The molecule has 0 aliphatic carbocycles. The molecule has 1 saturated heterocycles. The van der Waals surface area contributed by atoms with Crippen molar-refractivity contribution in [2.75, 3.05) is 13.1 Å². The van der Waals surface area contributed by atoms with Crippen LogP contribution in [0, 0.1) is 8.99 Å². The number of nitrogens with zero attached hydrogens (tertiary/aromatic N) is 1. The molecule has 0 radical (unpaired) electrons. The van der Waals surface area contributed by atoms with E-state index in [1.165, 1.54) is 12.8 Å². The molecular formula is C16H22INO. The van der Waals surface area contributed by atoms with Crippen molar-refractivity contribution in [2.24, 2.45) is 5.41 Å². The van der Waals surface area contributed by atoms with Crippen molar-refractivity contribution in [2.45, 2.75) is 39.5 Å². The van der Waals surface area contributed by atoms with Crippen LogP contribution in [0.5, 0.6) is 0 Å². The number of likely N-dealkylation sites (tertiary alicyclic amines) is 1. The van der Waals surface area contributed by atoms with Crippen LogP contribution in [0.2, 0.25) is 0 Å². The van der Waals surface area contributed by atoms with Crippen LogP contribution in [0.25, 0.3) is 0 Å². The van der Waals surface area contributed by atoms with Crippen LogP contribution in [-0.4, -0.2) is 23.9 Å². The third kappa shape index (κ3) is 3.12. The standard InChI is InChI=1S/C16H22INO/c1-3-16(4-2)9-11-18(12-10-16)15(19)13-7-5-6-8-14(13)17/h5-8H,3-4,9-12H2,1-2H3. The summed E-state index contributed by atoms with van der Waals surface area (Å²) in [6, 6.07) is 7.86. The summed E-state index contributed by atoms with van der Waals surface area (Å²) in [7, 11) is 0. The van der Waals surface area contributed by atoms with Crippen LogP contribution in [0.1, 0.15) is 49.9 Å². The van der Waals surface area contributed by atoms with Crippen molar-refractivity contribution < 1.29 is 4.79 Å². The number of benzene rings is 1. The van der Waals surface area contributed by atoms with Gasteiger partial charge in [0, 0.05) is 16.7 Å². The summed E-state index contributed by atoms with van der Waals surface area (Å²) < 4.78 is 1.05. The maximum Gasteiger partial charge on any atom is 0.254 e. The van der Waals surface area contributed by atoms with Gasteiger partial charge in [-0.15, -0.1) is 0 Å². The monoisotopic (exact) mass is 371 g/mol. The molecule has 3 heteroatoms. The van der Waals surface area contributed by atoms with Gasteiger partial charge in [-0.3, -0.25) is 4.79 Å². The molecule has 1 fully saturated rings. The minimum absolute atomic E-state index is 0.200. The van der Waals surface area contributed by atoms with Crippen molar-refractivity contribution in [3.63, 3.8) is 0 Å². The van der Waals surface area contributed by atoms with Crippen LogP contribution < -0.4 is 0 Å². The lowest BCUT2D eigenvalue weighted by Crippen LogP contribution is -2.43.